The molecule has 3 aromatic rings. The molecule has 0 aliphatic carbocycles. The first kappa shape index (κ1) is 21.0. The molecule has 0 spiro atoms. The number of hydrogen-bond donors (Lipinski definition) is 1. The van der Waals surface area contributed by atoms with E-state index < -0.39 is 19.3 Å². The minimum atomic E-state index is -4.24. The van der Waals surface area contributed by atoms with Crippen molar-refractivity contribution in [1.82, 2.24) is 14.9 Å². The van der Waals surface area contributed by atoms with Crippen LogP contribution in [-0.4, -0.2) is 40.2 Å². The van der Waals surface area contributed by atoms with Crippen molar-refractivity contribution in [1.29, 1.82) is 0 Å². The topological polar surface area (TPSA) is 41.0 Å². The molecule has 0 unspecified atom stereocenters. The van der Waals surface area contributed by atoms with E-state index >= 15 is 0 Å². The molecule has 0 saturated carbocycles. The molecule has 4 nitrogen and oxygen atoms in total. The third-order valence-electron chi connectivity index (χ3n) is 5.34. The number of thiophene rings is 1. The van der Waals surface area contributed by atoms with Gasteiger partial charge in [0, 0.05) is 30.6 Å². The zero-order valence-electron chi connectivity index (χ0n) is 16.3. The zero-order chi connectivity index (χ0) is 21.1. The number of alkyl halides is 4. The number of benzene rings is 1. The van der Waals surface area contributed by atoms with Crippen LogP contribution in [0.3, 0.4) is 0 Å². The van der Waals surface area contributed by atoms with E-state index in [0.717, 1.165) is 54.9 Å². The smallest absolute Gasteiger partial charge is 0.367 e. The monoisotopic (exact) mass is 438 g/mol. The van der Waals surface area contributed by atoms with Gasteiger partial charge in [-0.1, -0.05) is 24.3 Å². The maximum Gasteiger partial charge on any atom is 0.393 e. The van der Waals surface area contributed by atoms with Crippen LogP contribution in [-0.2, 0) is 19.6 Å². The lowest BCUT2D eigenvalue weighted by molar-refractivity contribution is -0.126. The summed E-state index contributed by atoms with van der Waals surface area (Å²) < 4.78 is 51.3. The fraction of sp³-hybridized carbons (Fsp3) is 0.429. The highest BCUT2D eigenvalue weighted by Gasteiger charge is 2.29. The molecule has 1 saturated heterocycles. The first-order chi connectivity index (χ1) is 14.4. The van der Waals surface area contributed by atoms with Crippen molar-refractivity contribution < 1.29 is 17.6 Å². The van der Waals surface area contributed by atoms with E-state index in [1.165, 1.54) is 6.33 Å². The maximum atomic E-state index is 13.2. The summed E-state index contributed by atoms with van der Waals surface area (Å²) in [5, 5.41) is 4.03. The van der Waals surface area contributed by atoms with Gasteiger partial charge in [0.15, 0.2) is 0 Å². The summed E-state index contributed by atoms with van der Waals surface area (Å²) in [6.45, 7) is 1.97. The molecule has 0 radical (unpaired) electrons. The molecule has 0 atom stereocenters. The number of hydrogen-bond acceptors (Lipinski definition) is 5. The molecule has 1 aliphatic heterocycles. The van der Waals surface area contributed by atoms with E-state index in [0.29, 0.717) is 16.0 Å². The van der Waals surface area contributed by atoms with Gasteiger partial charge in [-0.05, 0) is 30.0 Å². The zero-order valence-corrected chi connectivity index (χ0v) is 17.1. The fourth-order valence-electron chi connectivity index (χ4n) is 3.82. The minimum Gasteiger partial charge on any atom is -0.367 e. The van der Waals surface area contributed by atoms with Gasteiger partial charge in [0.2, 0.25) is 0 Å². The Morgan fingerprint density at radius 3 is 2.53 bits per heavy atom. The van der Waals surface area contributed by atoms with E-state index in [4.69, 9.17) is 0 Å². The normalized spacial score (nSPS) is 16.3. The van der Waals surface area contributed by atoms with Gasteiger partial charge < -0.3 is 5.32 Å². The first-order valence-electron chi connectivity index (χ1n) is 9.83. The van der Waals surface area contributed by atoms with Gasteiger partial charge in [-0.25, -0.2) is 14.4 Å². The molecule has 1 fully saturated rings. The summed E-state index contributed by atoms with van der Waals surface area (Å²) >= 11 is 1.06. The standard InChI is InChI=1S/C21H22F4N4S/c22-11-14-3-1-2-4-15(14)12-29-7-5-16(6-8-29)28-19-18-9-17(10-21(23,24)25)30-20(18)27-13-26-19/h1-4,9,13,16H,5-8,10-12H2,(H,26,27,28). The number of likely N-dealkylation sites (tertiary alicyclic amines) is 1. The second kappa shape index (κ2) is 8.85. The number of piperidine rings is 1. The predicted molar refractivity (Wildman–Crippen MR) is 110 cm³/mol. The summed E-state index contributed by atoms with van der Waals surface area (Å²) in [5.41, 5.74) is 1.74. The number of anilines is 1. The lowest BCUT2D eigenvalue weighted by Gasteiger charge is -2.33. The average Bonchev–Trinajstić information content (AvgIpc) is 3.11. The van der Waals surface area contributed by atoms with E-state index in [9.17, 15) is 17.6 Å². The van der Waals surface area contributed by atoms with Crippen LogP contribution >= 0.6 is 11.3 Å². The first-order valence-corrected chi connectivity index (χ1v) is 10.6. The molecule has 30 heavy (non-hydrogen) atoms. The fourth-order valence-corrected chi connectivity index (χ4v) is 4.84. The second-order valence-corrected chi connectivity index (χ2v) is 8.66. The summed E-state index contributed by atoms with van der Waals surface area (Å²) in [4.78, 5) is 11.5. The summed E-state index contributed by atoms with van der Waals surface area (Å²) in [5.74, 6) is 0.589. The molecule has 1 N–H and O–H groups in total. The van der Waals surface area contributed by atoms with Gasteiger partial charge in [-0.3, -0.25) is 4.90 Å². The molecule has 160 valence electrons. The van der Waals surface area contributed by atoms with Gasteiger partial charge >= 0.3 is 6.18 Å². The Labute approximate surface area is 176 Å². The third-order valence-corrected chi connectivity index (χ3v) is 6.38. The highest BCUT2D eigenvalue weighted by atomic mass is 32.1. The largest absolute Gasteiger partial charge is 0.393 e. The van der Waals surface area contributed by atoms with Crippen LogP contribution in [0.2, 0.25) is 0 Å². The molecule has 4 rings (SSSR count). The minimum absolute atomic E-state index is 0.182. The molecule has 1 aliphatic rings. The van der Waals surface area contributed by atoms with E-state index in [1.54, 1.807) is 6.07 Å². The highest BCUT2D eigenvalue weighted by Crippen LogP contribution is 2.33. The van der Waals surface area contributed by atoms with Crippen LogP contribution in [0.15, 0.2) is 36.7 Å². The van der Waals surface area contributed by atoms with Crippen molar-refractivity contribution in [2.75, 3.05) is 18.4 Å². The van der Waals surface area contributed by atoms with Crippen LogP contribution in [0.25, 0.3) is 10.2 Å². The van der Waals surface area contributed by atoms with Crippen LogP contribution < -0.4 is 5.32 Å². The Balaban J connectivity index is 1.38. The molecule has 3 heterocycles. The molecule has 0 bridgehead atoms. The van der Waals surface area contributed by atoms with Gasteiger partial charge in [-0.15, -0.1) is 11.3 Å². The van der Waals surface area contributed by atoms with Crippen molar-refractivity contribution in [3.05, 3.63) is 52.7 Å². The number of nitrogens with one attached hydrogen (secondary N) is 1. The van der Waals surface area contributed by atoms with Crippen LogP contribution in [0, 0.1) is 0 Å². The van der Waals surface area contributed by atoms with Gasteiger partial charge in [0.1, 0.15) is 23.7 Å². The SMILES string of the molecule is FCc1ccccc1CN1CCC(Nc2ncnc3sc(CC(F)(F)F)cc23)CC1. The summed E-state index contributed by atoms with van der Waals surface area (Å²) in [6, 6.07) is 9.28. The molecular formula is C21H22F4N4S. The van der Waals surface area contributed by atoms with Gasteiger partial charge in [0.25, 0.3) is 0 Å². The highest BCUT2D eigenvalue weighted by molar-refractivity contribution is 7.18. The van der Waals surface area contributed by atoms with Crippen molar-refractivity contribution >= 4 is 27.4 Å². The van der Waals surface area contributed by atoms with Crippen LogP contribution in [0.5, 0.6) is 0 Å². The summed E-state index contributed by atoms with van der Waals surface area (Å²) in [6.07, 6.45) is -2.05. The number of halogens is 4. The third kappa shape index (κ3) is 5.07. The lowest BCUT2D eigenvalue weighted by atomic mass is 10.0. The Kier molecular flexibility index (Phi) is 6.19. The molecule has 1 aromatic carbocycles. The number of nitrogens with zero attached hydrogens (tertiary/aromatic N) is 3. The van der Waals surface area contributed by atoms with Crippen molar-refractivity contribution in [3.63, 3.8) is 0 Å². The Hall–Kier alpha value is -2.26. The molecule has 9 heteroatoms. The van der Waals surface area contributed by atoms with Gasteiger partial charge in [0.05, 0.1) is 11.8 Å². The Morgan fingerprint density at radius 1 is 1.10 bits per heavy atom. The molecular weight excluding hydrogens is 416 g/mol. The van der Waals surface area contributed by atoms with Gasteiger partial charge in [-0.2, -0.15) is 13.2 Å². The number of fused-ring (bicyclic) bond motifs is 1. The second-order valence-electron chi connectivity index (χ2n) is 7.54. The van der Waals surface area contributed by atoms with Crippen LogP contribution in [0.4, 0.5) is 23.4 Å². The molecule has 0 amide bonds. The van der Waals surface area contributed by atoms with Crippen molar-refractivity contribution in [2.45, 2.75) is 44.7 Å². The molecule has 2 aromatic heterocycles. The van der Waals surface area contributed by atoms with E-state index in [-0.39, 0.29) is 10.9 Å². The van der Waals surface area contributed by atoms with Crippen molar-refractivity contribution in [2.24, 2.45) is 0 Å². The maximum absolute atomic E-state index is 13.2. The quantitative estimate of drug-likeness (QED) is 0.528. The lowest BCUT2D eigenvalue weighted by Crippen LogP contribution is -2.39. The number of rotatable bonds is 6. The van der Waals surface area contributed by atoms with Crippen molar-refractivity contribution in [3.8, 4) is 0 Å². The predicted octanol–water partition coefficient (Wildman–Crippen LogP) is 5.34. The Morgan fingerprint density at radius 2 is 1.83 bits per heavy atom. The Bertz CT molecular complexity index is 996. The average molecular weight is 438 g/mol. The summed E-state index contributed by atoms with van der Waals surface area (Å²) in [7, 11) is 0. The van der Waals surface area contributed by atoms with E-state index in [2.05, 4.69) is 20.2 Å². The van der Waals surface area contributed by atoms with Crippen LogP contribution in [0.1, 0.15) is 28.8 Å². The van der Waals surface area contributed by atoms with E-state index in [1.807, 2.05) is 24.3 Å². The number of aromatic nitrogens is 2.